The maximum absolute atomic E-state index is 4.42. The molecule has 2 bridgehead atoms. The number of hydrogen-bond acceptors (Lipinski definition) is 3. The molecule has 104 valence electrons. The molecule has 1 N–H and O–H groups in total. The third kappa shape index (κ3) is 2.82. The molecular weight excluding hydrogens is 234 g/mol. The quantitative estimate of drug-likeness (QED) is 0.900. The first-order valence-electron chi connectivity index (χ1n) is 7.67. The molecule has 0 aromatic carbocycles. The van der Waals surface area contributed by atoms with Crippen LogP contribution in [0.1, 0.15) is 43.9 Å². The Morgan fingerprint density at radius 3 is 2.58 bits per heavy atom. The van der Waals surface area contributed by atoms with Crippen LogP contribution in [0, 0.1) is 6.92 Å². The van der Waals surface area contributed by atoms with Crippen LogP contribution in [0.15, 0.2) is 18.3 Å². The van der Waals surface area contributed by atoms with Gasteiger partial charge in [0.15, 0.2) is 0 Å². The molecule has 2 aliphatic heterocycles. The zero-order valence-electron chi connectivity index (χ0n) is 12.1. The SMILES string of the molecule is CCNC1CC2CCC(C1)N2Cc1ccc(C)nc1. The third-order valence-electron chi connectivity index (χ3n) is 4.71. The Bertz CT molecular complexity index is 401. The second-order valence-corrected chi connectivity index (χ2v) is 6.09. The minimum absolute atomic E-state index is 0.745. The molecule has 2 atom stereocenters. The molecule has 2 saturated heterocycles. The molecule has 0 aliphatic carbocycles. The van der Waals surface area contributed by atoms with Gasteiger partial charge in [-0.05, 0) is 50.8 Å². The van der Waals surface area contributed by atoms with E-state index in [1.807, 2.05) is 6.20 Å². The Labute approximate surface area is 116 Å². The summed E-state index contributed by atoms with van der Waals surface area (Å²) in [5, 5.41) is 3.64. The smallest absolute Gasteiger partial charge is 0.0372 e. The van der Waals surface area contributed by atoms with Gasteiger partial charge < -0.3 is 5.32 Å². The van der Waals surface area contributed by atoms with Gasteiger partial charge in [-0.3, -0.25) is 9.88 Å². The Morgan fingerprint density at radius 1 is 1.26 bits per heavy atom. The van der Waals surface area contributed by atoms with Gasteiger partial charge in [-0.25, -0.2) is 0 Å². The topological polar surface area (TPSA) is 28.2 Å². The standard InChI is InChI=1S/C16H25N3/c1-3-17-14-8-15-6-7-16(9-14)19(15)11-13-5-4-12(2)18-10-13/h4-5,10,14-17H,3,6-9,11H2,1-2H3. The van der Waals surface area contributed by atoms with Crippen LogP contribution in [0.2, 0.25) is 0 Å². The highest BCUT2D eigenvalue weighted by Gasteiger charge is 2.40. The first-order chi connectivity index (χ1) is 9.26. The molecule has 0 radical (unpaired) electrons. The van der Waals surface area contributed by atoms with Crippen LogP contribution in [0.5, 0.6) is 0 Å². The fraction of sp³-hybridized carbons (Fsp3) is 0.688. The van der Waals surface area contributed by atoms with E-state index in [4.69, 9.17) is 0 Å². The Kier molecular flexibility index (Phi) is 3.85. The molecule has 3 heteroatoms. The van der Waals surface area contributed by atoms with Crippen molar-refractivity contribution in [3.63, 3.8) is 0 Å². The molecule has 0 spiro atoms. The zero-order valence-corrected chi connectivity index (χ0v) is 12.1. The predicted molar refractivity (Wildman–Crippen MR) is 78.0 cm³/mol. The van der Waals surface area contributed by atoms with Gasteiger partial charge in [-0.1, -0.05) is 13.0 Å². The molecule has 1 aromatic heterocycles. The first kappa shape index (κ1) is 13.1. The van der Waals surface area contributed by atoms with Crippen molar-refractivity contribution in [2.75, 3.05) is 6.54 Å². The van der Waals surface area contributed by atoms with E-state index in [0.717, 1.165) is 36.9 Å². The lowest BCUT2D eigenvalue weighted by molar-refractivity contribution is 0.110. The van der Waals surface area contributed by atoms with Gasteiger partial charge in [0, 0.05) is 36.6 Å². The Hall–Kier alpha value is -0.930. The maximum atomic E-state index is 4.42. The number of hydrogen-bond donors (Lipinski definition) is 1. The average Bonchev–Trinajstić information content (AvgIpc) is 2.64. The number of aryl methyl sites for hydroxylation is 1. The van der Waals surface area contributed by atoms with E-state index in [2.05, 4.69) is 41.2 Å². The minimum atomic E-state index is 0.745. The second kappa shape index (κ2) is 5.59. The summed E-state index contributed by atoms with van der Waals surface area (Å²) in [5.41, 5.74) is 2.47. The Morgan fingerprint density at radius 2 is 2.00 bits per heavy atom. The lowest BCUT2D eigenvalue weighted by Gasteiger charge is -2.39. The number of nitrogens with one attached hydrogen (secondary N) is 1. The number of aromatic nitrogens is 1. The molecule has 3 nitrogen and oxygen atoms in total. The van der Waals surface area contributed by atoms with E-state index < -0.39 is 0 Å². The van der Waals surface area contributed by atoms with Gasteiger partial charge >= 0.3 is 0 Å². The summed E-state index contributed by atoms with van der Waals surface area (Å²) < 4.78 is 0. The van der Waals surface area contributed by atoms with E-state index >= 15 is 0 Å². The van der Waals surface area contributed by atoms with E-state index in [-0.39, 0.29) is 0 Å². The molecule has 2 aliphatic rings. The van der Waals surface area contributed by atoms with Crippen molar-refractivity contribution >= 4 is 0 Å². The summed E-state index contributed by atoms with van der Waals surface area (Å²) in [6.45, 7) is 6.45. The molecular formula is C16H25N3. The molecule has 1 aromatic rings. The van der Waals surface area contributed by atoms with Crippen LogP contribution < -0.4 is 5.32 Å². The molecule has 3 heterocycles. The first-order valence-corrected chi connectivity index (χ1v) is 7.67. The van der Waals surface area contributed by atoms with Crippen LogP contribution in [0.25, 0.3) is 0 Å². The monoisotopic (exact) mass is 259 g/mol. The average molecular weight is 259 g/mol. The summed E-state index contributed by atoms with van der Waals surface area (Å²) in [7, 11) is 0. The van der Waals surface area contributed by atoms with Crippen molar-refractivity contribution in [2.24, 2.45) is 0 Å². The molecule has 2 unspecified atom stereocenters. The lowest BCUT2D eigenvalue weighted by atomic mass is 9.96. The van der Waals surface area contributed by atoms with Crippen LogP contribution >= 0.6 is 0 Å². The third-order valence-corrected chi connectivity index (χ3v) is 4.71. The normalized spacial score (nSPS) is 30.7. The number of pyridine rings is 1. The molecule has 3 rings (SSSR count). The molecule has 2 fully saturated rings. The summed E-state index contributed by atoms with van der Waals surface area (Å²) in [4.78, 5) is 7.14. The van der Waals surface area contributed by atoms with Crippen molar-refractivity contribution in [1.82, 2.24) is 15.2 Å². The lowest BCUT2D eigenvalue weighted by Crippen LogP contribution is -2.48. The van der Waals surface area contributed by atoms with Crippen molar-refractivity contribution in [2.45, 2.75) is 64.2 Å². The van der Waals surface area contributed by atoms with Crippen molar-refractivity contribution < 1.29 is 0 Å². The van der Waals surface area contributed by atoms with Crippen LogP contribution in [0.4, 0.5) is 0 Å². The van der Waals surface area contributed by atoms with Gasteiger partial charge in [-0.15, -0.1) is 0 Å². The van der Waals surface area contributed by atoms with Gasteiger partial charge in [0.2, 0.25) is 0 Å². The van der Waals surface area contributed by atoms with Crippen molar-refractivity contribution in [1.29, 1.82) is 0 Å². The van der Waals surface area contributed by atoms with Crippen LogP contribution in [-0.4, -0.2) is 34.6 Å². The summed E-state index contributed by atoms with van der Waals surface area (Å²) in [5.74, 6) is 0. The molecule has 19 heavy (non-hydrogen) atoms. The van der Waals surface area contributed by atoms with E-state index in [1.54, 1.807) is 0 Å². The highest BCUT2D eigenvalue weighted by molar-refractivity contribution is 5.14. The minimum Gasteiger partial charge on any atom is -0.314 e. The number of fused-ring (bicyclic) bond motifs is 2. The molecule has 0 amide bonds. The summed E-state index contributed by atoms with van der Waals surface area (Å²) >= 11 is 0. The number of rotatable bonds is 4. The van der Waals surface area contributed by atoms with Gasteiger partial charge in [0.05, 0.1) is 0 Å². The van der Waals surface area contributed by atoms with Crippen molar-refractivity contribution in [3.8, 4) is 0 Å². The second-order valence-electron chi connectivity index (χ2n) is 6.09. The van der Waals surface area contributed by atoms with Crippen molar-refractivity contribution in [3.05, 3.63) is 29.6 Å². The van der Waals surface area contributed by atoms with Gasteiger partial charge in [0.1, 0.15) is 0 Å². The van der Waals surface area contributed by atoms with Crippen LogP contribution in [0.3, 0.4) is 0 Å². The van der Waals surface area contributed by atoms with E-state index in [9.17, 15) is 0 Å². The zero-order chi connectivity index (χ0) is 13.2. The summed E-state index contributed by atoms with van der Waals surface area (Å²) in [6, 6.07) is 6.67. The predicted octanol–water partition coefficient (Wildman–Crippen LogP) is 2.49. The number of piperidine rings is 1. The van der Waals surface area contributed by atoms with Gasteiger partial charge in [-0.2, -0.15) is 0 Å². The Balaban J connectivity index is 1.65. The van der Waals surface area contributed by atoms with Gasteiger partial charge in [0.25, 0.3) is 0 Å². The highest BCUT2D eigenvalue weighted by atomic mass is 15.2. The van der Waals surface area contributed by atoms with E-state index in [1.165, 1.54) is 31.2 Å². The largest absolute Gasteiger partial charge is 0.314 e. The van der Waals surface area contributed by atoms with Crippen LogP contribution in [-0.2, 0) is 6.54 Å². The summed E-state index contributed by atoms with van der Waals surface area (Å²) in [6.07, 6.45) is 7.45. The number of nitrogens with zero attached hydrogens (tertiary/aromatic N) is 2. The fourth-order valence-electron chi connectivity index (χ4n) is 3.79. The fourth-order valence-corrected chi connectivity index (χ4v) is 3.79. The van der Waals surface area contributed by atoms with E-state index in [0.29, 0.717) is 0 Å². The highest BCUT2D eigenvalue weighted by Crippen LogP contribution is 2.36. The maximum Gasteiger partial charge on any atom is 0.0372 e. The molecule has 0 saturated carbocycles.